The highest BCUT2D eigenvalue weighted by Gasteiger charge is 2.14. The van der Waals surface area contributed by atoms with Crippen LogP contribution < -0.4 is 9.80 Å². The molecule has 0 aliphatic carbocycles. The Morgan fingerprint density at radius 2 is 1.87 bits per heavy atom. The summed E-state index contributed by atoms with van der Waals surface area (Å²) in [5, 5.41) is 4.01. The third kappa shape index (κ3) is 3.82. The van der Waals surface area contributed by atoms with Gasteiger partial charge in [0.1, 0.15) is 0 Å². The largest absolute Gasteiger partial charge is 0.378 e. The highest BCUT2D eigenvalue weighted by Crippen LogP contribution is 2.20. The molecule has 1 aromatic carbocycles. The van der Waals surface area contributed by atoms with Gasteiger partial charge in [-0.1, -0.05) is 31.1 Å². The molecule has 1 aliphatic rings. The minimum Gasteiger partial charge on any atom is -0.378 e. The van der Waals surface area contributed by atoms with Crippen LogP contribution in [0.1, 0.15) is 31.2 Å². The fraction of sp³-hybridized carbons (Fsp3) is 0.529. The van der Waals surface area contributed by atoms with Gasteiger partial charge >= 0.3 is 6.01 Å². The number of hydrogen-bond acceptors (Lipinski definition) is 6. The maximum absolute atomic E-state index is 5.39. The summed E-state index contributed by atoms with van der Waals surface area (Å²) in [6, 6.07) is 9.21. The van der Waals surface area contributed by atoms with Crippen LogP contribution in [0.15, 0.2) is 28.8 Å². The highest BCUT2D eigenvalue weighted by atomic mass is 16.5. The molecule has 1 saturated heterocycles. The monoisotopic (exact) mass is 316 g/mol. The zero-order valence-corrected chi connectivity index (χ0v) is 14.0. The molecule has 6 heteroatoms. The molecule has 6 nitrogen and oxygen atoms in total. The van der Waals surface area contributed by atoms with E-state index in [1.165, 1.54) is 11.3 Å². The fourth-order valence-electron chi connectivity index (χ4n) is 2.59. The topological polar surface area (TPSA) is 54.6 Å². The van der Waals surface area contributed by atoms with E-state index in [2.05, 4.69) is 53.2 Å². The van der Waals surface area contributed by atoms with Gasteiger partial charge in [-0.2, -0.15) is 4.98 Å². The number of ether oxygens (including phenoxy) is 1. The molecule has 0 amide bonds. The molecule has 1 aromatic heterocycles. The van der Waals surface area contributed by atoms with Gasteiger partial charge in [0.15, 0.2) is 5.82 Å². The van der Waals surface area contributed by atoms with Gasteiger partial charge in [0.2, 0.25) is 0 Å². The Labute approximate surface area is 137 Å². The van der Waals surface area contributed by atoms with Crippen molar-refractivity contribution in [1.82, 2.24) is 10.1 Å². The molecule has 2 aromatic rings. The average molecular weight is 316 g/mol. The number of rotatable bonds is 5. The van der Waals surface area contributed by atoms with Gasteiger partial charge in [-0.25, -0.2) is 0 Å². The highest BCUT2D eigenvalue weighted by molar-refractivity contribution is 5.48. The summed E-state index contributed by atoms with van der Waals surface area (Å²) in [4.78, 5) is 8.75. The van der Waals surface area contributed by atoms with Crippen molar-refractivity contribution in [2.75, 3.05) is 43.2 Å². The summed E-state index contributed by atoms with van der Waals surface area (Å²) in [5.41, 5.74) is 2.47. The van der Waals surface area contributed by atoms with Gasteiger partial charge in [-0.05, 0) is 17.7 Å². The molecule has 0 bridgehead atoms. The number of hydrogen-bond donors (Lipinski definition) is 0. The third-order valence-electron chi connectivity index (χ3n) is 4.01. The Kier molecular flexibility index (Phi) is 4.81. The molecular formula is C17H24N4O2. The van der Waals surface area contributed by atoms with E-state index in [9.17, 15) is 0 Å². The first kappa shape index (κ1) is 15.8. The molecule has 1 fully saturated rings. The summed E-state index contributed by atoms with van der Waals surface area (Å²) in [7, 11) is 1.97. The summed E-state index contributed by atoms with van der Waals surface area (Å²) in [6.45, 7) is 8.37. The lowest BCUT2D eigenvalue weighted by molar-refractivity contribution is 0.122. The van der Waals surface area contributed by atoms with Crippen LogP contribution in [-0.4, -0.2) is 43.5 Å². The minimum absolute atomic E-state index is 0.272. The van der Waals surface area contributed by atoms with Crippen LogP contribution in [0.3, 0.4) is 0 Å². The number of benzene rings is 1. The lowest BCUT2D eigenvalue weighted by Crippen LogP contribution is -2.36. The van der Waals surface area contributed by atoms with E-state index >= 15 is 0 Å². The van der Waals surface area contributed by atoms with Crippen molar-refractivity contribution in [3.05, 3.63) is 35.7 Å². The summed E-state index contributed by atoms with van der Waals surface area (Å²) in [5.74, 6) is 1.02. The predicted octanol–water partition coefficient (Wildman–Crippen LogP) is 2.67. The van der Waals surface area contributed by atoms with E-state index in [1.807, 2.05) is 11.9 Å². The van der Waals surface area contributed by atoms with Crippen LogP contribution >= 0.6 is 0 Å². The van der Waals surface area contributed by atoms with Gasteiger partial charge in [-0.15, -0.1) is 0 Å². The minimum atomic E-state index is 0.272. The van der Waals surface area contributed by atoms with E-state index in [1.54, 1.807) is 0 Å². The average Bonchev–Trinajstić information content (AvgIpc) is 3.07. The van der Waals surface area contributed by atoms with Crippen molar-refractivity contribution in [2.24, 2.45) is 0 Å². The first-order chi connectivity index (χ1) is 11.1. The molecule has 0 saturated carbocycles. The van der Waals surface area contributed by atoms with Crippen molar-refractivity contribution in [3.8, 4) is 0 Å². The first-order valence-corrected chi connectivity index (χ1v) is 8.10. The quantitative estimate of drug-likeness (QED) is 0.845. The molecule has 0 radical (unpaired) electrons. The Morgan fingerprint density at radius 1 is 1.17 bits per heavy atom. The van der Waals surface area contributed by atoms with E-state index < -0.39 is 0 Å². The first-order valence-electron chi connectivity index (χ1n) is 8.10. The van der Waals surface area contributed by atoms with Crippen LogP contribution in [0, 0.1) is 0 Å². The second kappa shape index (κ2) is 7.00. The summed E-state index contributed by atoms with van der Waals surface area (Å²) in [6.07, 6.45) is 0. The molecule has 0 atom stereocenters. The SMILES string of the molecule is CC(C)c1noc(N(C)Cc2ccc(N3CCOCC3)cc2)n1. The smallest absolute Gasteiger partial charge is 0.324 e. The van der Waals surface area contributed by atoms with Gasteiger partial charge < -0.3 is 19.1 Å². The van der Waals surface area contributed by atoms with Crippen molar-refractivity contribution in [1.29, 1.82) is 0 Å². The van der Waals surface area contributed by atoms with Crippen molar-refractivity contribution in [2.45, 2.75) is 26.3 Å². The lowest BCUT2D eigenvalue weighted by Gasteiger charge is -2.29. The molecule has 1 aliphatic heterocycles. The number of anilines is 2. The van der Waals surface area contributed by atoms with E-state index in [0.29, 0.717) is 6.01 Å². The van der Waals surface area contributed by atoms with E-state index in [-0.39, 0.29) is 5.92 Å². The molecule has 0 N–H and O–H groups in total. The van der Waals surface area contributed by atoms with Crippen LogP contribution in [0.2, 0.25) is 0 Å². The van der Waals surface area contributed by atoms with E-state index in [0.717, 1.165) is 38.7 Å². The predicted molar refractivity (Wildman–Crippen MR) is 90.0 cm³/mol. The van der Waals surface area contributed by atoms with Crippen LogP contribution in [0.25, 0.3) is 0 Å². The van der Waals surface area contributed by atoms with Crippen molar-refractivity contribution < 1.29 is 9.26 Å². The Bertz CT molecular complexity index is 618. The zero-order chi connectivity index (χ0) is 16.2. The Morgan fingerprint density at radius 3 is 2.48 bits per heavy atom. The number of nitrogens with zero attached hydrogens (tertiary/aromatic N) is 4. The standard InChI is InChI=1S/C17H24N4O2/c1-13(2)16-18-17(23-19-16)20(3)12-14-4-6-15(7-5-14)21-8-10-22-11-9-21/h4-7,13H,8-12H2,1-3H3. The van der Waals surface area contributed by atoms with Crippen LogP contribution in [0.4, 0.5) is 11.7 Å². The number of morpholine rings is 1. The second-order valence-corrected chi connectivity index (χ2v) is 6.21. The molecule has 2 heterocycles. The summed E-state index contributed by atoms with van der Waals surface area (Å²) < 4.78 is 10.7. The molecule has 124 valence electrons. The van der Waals surface area contributed by atoms with Crippen LogP contribution in [-0.2, 0) is 11.3 Å². The van der Waals surface area contributed by atoms with E-state index in [4.69, 9.17) is 9.26 Å². The van der Waals surface area contributed by atoms with Gasteiger partial charge in [0, 0.05) is 38.3 Å². The summed E-state index contributed by atoms with van der Waals surface area (Å²) >= 11 is 0. The third-order valence-corrected chi connectivity index (χ3v) is 4.01. The maximum Gasteiger partial charge on any atom is 0.324 e. The van der Waals surface area contributed by atoms with Gasteiger partial charge in [-0.3, -0.25) is 0 Å². The molecule has 0 unspecified atom stereocenters. The zero-order valence-electron chi connectivity index (χ0n) is 14.0. The molecule has 3 rings (SSSR count). The van der Waals surface area contributed by atoms with Gasteiger partial charge in [0.05, 0.1) is 13.2 Å². The second-order valence-electron chi connectivity index (χ2n) is 6.21. The Balaban J connectivity index is 1.62. The number of aromatic nitrogens is 2. The molecular weight excluding hydrogens is 292 g/mol. The fourth-order valence-corrected chi connectivity index (χ4v) is 2.59. The molecule has 23 heavy (non-hydrogen) atoms. The molecule has 0 spiro atoms. The van der Waals surface area contributed by atoms with Gasteiger partial charge in [0.25, 0.3) is 0 Å². The Hall–Kier alpha value is -2.08. The normalized spacial score (nSPS) is 15.2. The lowest BCUT2D eigenvalue weighted by atomic mass is 10.2. The van der Waals surface area contributed by atoms with Crippen LogP contribution in [0.5, 0.6) is 0 Å². The van der Waals surface area contributed by atoms with Crippen molar-refractivity contribution in [3.63, 3.8) is 0 Å². The van der Waals surface area contributed by atoms with Crippen molar-refractivity contribution >= 4 is 11.7 Å². The maximum atomic E-state index is 5.39.